The molecule has 0 bridgehead atoms. The predicted molar refractivity (Wildman–Crippen MR) is 72.4 cm³/mol. The van der Waals surface area contributed by atoms with E-state index in [1.165, 1.54) is 20.1 Å². The number of halogens is 1. The molecule has 82 valence electrons. The van der Waals surface area contributed by atoms with Crippen LogP contribution in [-0.2, 0) is 0 Å². The molecule has 2 aromatic carbocycles. The van der Waals surface area contributed by atoms with E-state index in [0.29, 0.717) is 15.0 Å². The minimum absolute atomic E-state index is 0.377. The van der Waals surface area contributed by atoms with E-state index in [9.17, 15) is 0 Å². The molecule has 0 N–H and O–H groups in total. The van der Waals surface area contributed by atoms with E-state index in [2.05, 4.69) is 44.2 Å². The van der Waals surface area contributed by atoms with Crippen molar-refractivity contribution in [1.29, 1.82) is 0 Å². The molecular formula is C14H13ClSe. The molecule has 0 saturated carbocycles. The third kappa shape index (κ3) is 2.89. The summed E-state index contributed by atoms with van der Waals surface area (Å²) in [5, 5.41) is 0.806. The third-order valence-electron chi connectivity index (χ3n) is 2.37. The molecule has 0 unspecified atom stereocenters. The fourth-order valence-electron chi connectivity index (χ4n) is 1.54. The minimum atomic E-state index is 0.377. The zero-order chi connectivity index (χ0) is 11.5. The first kappa shape index (κ1) is 11.7. The van der Waals surface area contributed by atoms with Gasteiger partial charge in [0.2, 0.25) is 0 Å². The van der Waals surface area contributed by atoms with Gasteiger partial charge in [-0.3, -0.25) is 0 Å². The van der Waals surface area contributed by atoms with Gasteiger partial charge >= 0.3 is 108 Å². The van der Waals surface area contributed by atoms with Gasteiger partial charge in [0.1, 0.15) is 0 Å². The number of rotatable bonds is 2. The molecule has 0 atom stereocenters. The van der Waals surface area contributed by atoms with Crippen LogP contribution >= 0.6 is 11.6 Å². The first-order valence-electron chi connectivity index (χ1n) is 5.16. The van der Waals surface area contributed by atoms with Gasteiger partial charge in [0.15, 0.2) is 0 Å². The van der Waals surface area contributed by atoms with Gasteiger partial charge in [-0.25, -0.2) is 0 Å². The predicted octanol–water partition coefficient (Wildman–Crippen LogP) is 2.61. The van der Waals surface area contributed by atoms with Crippen molar-refractivity contribution < 1.29 is 0 Å². The summed E-state index contributed by atoms with van der Waals surface area (Å²) in [6, 6.07) is 14.8. The second-order valence-corrected chi connectivity index (χ2v) is 6.60. The van der Waals surface area contributed by atoms with Crippen LogP contribution in [0.2, 0.25) is 5.02 Å². The van der Waals surface area contributed by atoms with Crippen molar-refractivity contribution >= 4 is 35.5 Å². The van der Waals surface area contributed by atoms with Gasteiger partial charge in [0.25, 0.3) is 0 Å². The Kier molecular flexibility index (Phi) is 3.70. The van der Waals surface area contributed by atoms with Crippen molar-refractivity contribution in [1.82, 2.24) is 0 Å². The molecule has 0 aliphatic carbocycles. The molecule has 0 amide bonds. The average Bonchev–Trinajstić information content (AvgIpc) is 2.25. The summed E-state index contributed by atoms with van der Waals surface area (Å²) in [6.45, 7) is 4.31. The Hall–Kier alpha value is -0.751. The van der Waals surface area contributed by atoms with Crippen LogP contribution in [0.15, 0.2) is 42.5 Å². The topological polar surface area (TPSA) is 0 Å². The summed E-state index contributed by atoms with van der Waals surface area (Å²) in [6.07, 6.45) is 0. The van der Waals surface area contributed by atoms with Crippen LogP contribution in [0.4, 0.5) is 0 Å². The van der Waals surface area contributed by atoms with Crippen LogP contribution in [0.1, 0.15) is 11.1 Å². The van der Waals surface area contributed by atoms with Gasteiger partial charge < -0.3 is 0 Å². The summed E-state index contributed by atoms with van der Waals surface area (Å²) in [5.41, 5.74) is 2.71. The third-order valence-corrected chi connectivity index (χ3v) is 5.11. The van der Waals surface area contributed by atoms with E-state index in [4.69, 9.17) is 11.6 Å². The molecule has 0 saturated heterocycles. The second kappa shape index (κ2) is 5.05. The summed E-state index contributed by atoms with van der Waals surface area (Å²) >= 11 is 6.25. The van der Waals surface area contributed by atoms with Crippen LogP contribution in [0, 0.1) is 13.8 Å². The first-order valence-corrected chi connectivity index (χ1v) is 7.25. The molecule has 0 heterocycles. The van der Waals surface area contributed by atoms with Crippen LogP contribution in [-0.4, -0.2) is 15.0 Å². The zero-order valence-corrected chi connectivity index (χ0v) is 11.8. The molecular weight excluding hydrogens is 283 g/mol. The number of hydrogen-bond acceptors (Lipinski definition) is 0. The average molecular weight is 296 g/mol. The molecule has 0 aliphatic heterocycles. The Morgan fingerprint density at radius 2 is 1.62 bits per heavy atom. The Bertz CT molecular complexity index is 489. The SMILES string of the molecule is Cc1ccc([Se]c2ccc(Cl)cc2)c(C)c1. The molecule has 2 aromatic rings. The van der Waals surface area contributed by atoms with Gasteiger partial charge in [0, 0.05) is 0 Å². The van der Waals surface area contributed by atoms with E-state index < -0.39 is 0 Å². The van der Waals surface area contributed by atoms with Gasteiger partial charge in [-0.15, -0.1) is 0 Å². The number of benzene rings is 2. The molecule has 2 heteroatoms. The van der Waals surface area contributed by atoms with Gasteiger partial charge in [-0.1, -0.05) is 0 Å². The van der Waals surface area contributed by atoms with Crippen molar-refractivity contribution in [3.05, 3.63) is 58.6 Å². The standard InChI is InChI=1S/C14H13ClSe/c1-10-3-8-14(11(2)9-10)16-13-6-4-12(15)5-7-13/h3-9H,1-2H3. The molecule has 0 aliphatic rings. The quantitative estimate of drug-likeness (QED) is 0.747. The van der Waals surface area contributed by atoms with Crippen LogP contribution in [0.3, 0.4) is 0 Å². The molecule has 0 fully saturated rings. The molecule has 0 aromatic heterocycles. The zero-order valence-electron chi connectivity index (χ0n) is 9.33. The van der Waals surface area contributed by atoms with Crippen LogP contribution < -0.4 is 8.92 Å². The Morgan fingerprint density at radius 3 is 2.25 bits per heavy atom. The molecule has 0 spiro atoms. The van der Waals surface area contributed by atoms with Gasteiger partial charge in [-0.2, -0.15) is 0 Å². The first-order chi connectivity index (χ1) is 7.65. The normalized spacial score (nSPS) is 10.4. The monoisotopic (exact) mass is 296 g/mol. The maximum absolute atomic E-state index is 5.87. The molecule has 16 heavy (non-hydrogen) atoms. The van der Waals surface area contributed by atoms with E-state index in [1.807, 2.05) is 12.1 Å². The fraction of sp³-hybridized carbons (Fsp3) is 0.143. The summed E-state index contributed by atoms with van der Waals surface area (Å²) in [5.74, 6) is 0. The Balaban J connectivity index is 2.23. The van der Waals surface area contributed by atoms with Crippen molar-refractivity contribution in [2.45, 2.75) is 13.8 Å². The van der Waals surface area contributed by atoms with Crippen molar-refractivity contribution in [3.63, 3.8) is 0 Å². The van der Waals surface area contributed by atoms with E-state index in [0.717, 1.165) is 5.02 Å². The van der Waals surface area contributed by atoms with Gasteiger partial charge in [0.05, 0.1) is 0 Å². The van der Waals surface area contributed by atoms with Crippen LogP contribution in [0.25, 0.3) is 0 Å². The van der Waals surface area contributed by atoms with Gasteiger partial charge in [-0.05, 0) is 0 Å². The number of aryl methyl sites for hydroxylation is 2. The second-order valence-electron chi connectivity index (χ2n) is 3.82. The Labute approximate surface area is 108 Å². The van der Waals surface area contributed by atoms with E-state index in [-0.39, 0.29) is 0 Å². The van der Waals surface area contributed by atoms with Crippen molar-refractivity contribution in [2.24, 2.45) is 0 Å². The molecule has 2 rings (SSSR count). The molecule has 0 radical (unpaired) electrons. The van der Waals surface area contributed by atoms with E-state index in [1.54, 1.807) is 0 Å². The summed E-state index contributed by atoms with van der Waals surface area (Å²) < 4.78 is 2.81. The fourth-order valence-corrected chi connectivity index (χ4v) is 3.52. The Morgan fingerprint density at radius 1 is 0.938 bits per heavy atom. The molecule has 0 nitrogen and oxygen atoms in total. The number of hydrogen-bond donors (Lipinski definition) is 0. The summed E-state index contributed by atoms with van der Waals surface area (Å²) in [7, 11) is 0. The van der Waals surface area contributed by atoms with Crippen LogP contribution in [0.5, 0.6) is 0 Å². The summed E-state index contributed by atoms with van der Waals surface area (Å²) in [4.78, 5) is 0. The van der Waals surface area contributed by atoms with Crippen molar-refractivity contribution in [2.75, 3.05) is 0 Å². The van der Waals surface area contributed by atoms with Crippen molar-refractivity contribution in [3.8, 4) is 0 Å². The maximum atomic E-state index is 5.87. The van der Waals surface area contributed by atoms with E-state index >= 15 is 0 Å².